The smallest absolute Gasteiger partial charge is 0.319 e. The molecule has 0 bridgehead atoms. The summed E-state index contributed by atoms with van der Waals surface area (Å²) < 4.78 is 21.7. The highest BCUT2D eigenvalue weighted by molar-refractivity contribution is 9.10. The lowest BCUT2D eigenvalue weighted by molar-refractivity contribution is 0.0132. The number of piperidine rings is 2. The lowest BCUT2D eigenvalue weighted by Gasteiger charge is -2.44. The van der Waals surface area contributed by atoms with Crippen LogP contribution in [0.2, 0.25) is 0 Å². The van der Waals surface area contributed by atoms with Gasteiger partial charge in [-0.25, -0.2) is 4.39 Å². The third kappa shape index (κ3) is 3.99. The summed E-state index contributed by atoms with van der Waals surface area (Å²) in [6.45, 7) is 4.75. The number of aromatic nitrogens is 2. The van der Waals surface area contributed by atoms with Crippen LogP contribution in [0.15, 0.2) is 16.6 Å². The van der Waals surface area contributed by atoms with E-state index in [1.807, 2.05) is 17.9 Å². The molecule has 6 nitrogen and oxygen atoms in total. The number of ether oxygens (including phenoxy) is 1. The molecular weight excluding hydrogens is 475 g/mol. The first-order valence-electron chi connectivity index (χ1n) is 11.7. The van der Waals surface area contributed by atoms with E-state index in [0.717, 1.165) is 38.8 Å². The largest absolute Gasteiger partial charge is 0.463 e. The Kier molecular flexibility index (Phi) is 5.83. The van der Waals surface area contributed by atoms with Gasteiger partial charge < -0.3 is 19.6 Å². The van der Waals surface area contributed by atoms with E-state index in [1.165, 1.54) is 19.3 Å². The van der Waals surface area contributed by atoms with Crippen molar-refractivity contribution in [3.8, 4) is 6.01 Å². The highest BCUT2D eigenvalue weighted by Gasteiger charge is 2.47. The predicted molar refractivity (Wildman–Crippen MR) is 127 cm³/mol. The second-order valence-electron chi connectivity index (χ2n) is 10.3. The van der Waals surface area contributed by atoms with Gasteiger partial charge in [-0.1, -0.05) is 6.42 Å². The number of hydrogen-bond donors (Lipinski definition) is 1. The molecule has 32 heavy (non-hydrogen) atoms. The van der Waals surface area contributed by atoms with E-state index >= 15 is 4.39 Å². The summed E-state index contributed by atoms with van der Waals surface area (Å²) in [5.74, 6) is 0.228. The number of nitrogens with zero attached hydrogens (tertiary/aromatic N) is 4. The SMILES string of the molecule is CN1CCC[C@@]2(COc3nc(N4CCC[C@@](C)(O)C4)c4ccc(Br)c(F)c4n3)CCC[C@@H]12. The lowest BCUT2D eigenvalue weighted by Crippen LogP contribution is -2.50. The van der Waals surface area contributed by atoms with E-state index < -0.39 is 11.4 Å². The Morgan fingerprint density at radius 2 is 1.97 bits per heavy atom. The van der Waals surface area contributed by atoms with Gasteiger partial charge in [-0.2, -0.15) is 9.97 Å². The summed E-state index contributed by atoms with van der Waals surface area (Å²) in [5.41, 5.74) is -0.422. The van der Waals surface area contributed by atoms with Gasteiger partial charge in [-0.3, -0.25) is 0 Å². The minimum absolute atomic E-state index is 0.121. The van der Waals surface area contributed by atoms with Crippen LogP contribution in [0.25, 0.3) is 10.9 Å². The van der Waals surface area contributed by atoms with E-state index in [2.05, 4.69) is 32.9 Å². The molecule has 3 fully saturated rings. The third-order valence-corrected chi connectivity index (χ3v) is 8.37. The van der Waals surface area contributed by atoms with Gasteiger partial charge >= 0.3 is 6.01 Å². The lowest BCUT2D eigenvalue weighted by atomic mass is 9.76. The zero-order valence-electron chi connectivity index (χ0n) is 18.9. The summed E-state index contributed by atoms with van der Waals surface area (Å²) in [4.78, 5) is 13.8. The Hall–Kier alpha value is -1.51. The molecule has 3 atom stereocenters. The van der Waals surface area contributed by atoms with Gasteiger partial charge in [0.15, 0.2) is 5.82 Å². The first-order valence-corrected chi connectivity index (χ1v) is 12.5. The molecule has 2 aliphatic heterocycles. The minimum Gasteiger partial charge on any atom is -0.463 e. The number of halogens is 2. The number of anilines is 1. The van der Waals surface area contributed by atoms with Crippen molar-refractivity contribution in [2.75, 3.05) is 38.2 Å². The first-order chi connectivity index (χ1) is 15.3. The Morgan fingerprint density at radius 1 is 1.19 bits per heavy atom. The minimum atomic E-state index is -0.798. The van der Waals surface area contributed by atoms with Gasteiger partial charge in [0, 0.05) is 29.9 Å². The van der Waals surface area contributed by atoms with Gasteiger partial charge in [0.05, 0.1) is 16.7 Å². The van der Waals surface area contributed by atoms with Crippen molar-refractivity contribution in [3.05, 3.63) is 22.4 Å². The van der Waals surface area contributed by atoms with Crippen LogP contribution in [0.5, 0.6) is 6.01 Å². The van der Waals surface area contributed by atoms with E-state index in [0.29, 0.717) is 34.9 Å². The Bertz CT molecular complexity index is 1020. The van der Waals surface area contributed by atoms with Crippen LogP contribution in [0, 0.1) is 11.2 Å². The number of hydrogen-bond acceptors (Lipinski definition) is 6. The maximum Gasteiger partial charge on any atom is 0.319 e. The Morgan fingerprint density at radius 3 is 2.78 bits per heavy atom. The van der Waals surface area contributed by atoms with Gasteiger partial charge in [0.25, 0.3) is 0 Å². The van der Waals surface area contributed by atoms with Crippen LogP contribution in [0.3, 0.4) is 0 Å². The molecule has 0 unspecified atom stereocenters. The zero-order valence-corrected chi connectivity index (χ0v) is 20.5. The molecule has 0 radical (unpaired) electrons. The van der Waals surface area contributed by atoms with Gasteiger partial charge in [0.1, 0.15) is 11.3 Å². The van der Waals surface area contributed by atoms with Crippen LogP contribution in [-0.4, -0.2) is 64.9 Å². The number of rotatable bonds is 4. The summed E-state index contributed by atoms with van der Waals surface area (Å²) in [5, 5.41) is 11.3. The molecule has 0 amide bonds. The standard InChI is InChI=1S/C24H32BrFN4O2/c1-23(31)9-4-13-30(14-23)21-16-7-8-17(25)19(26)20(16)27-22(28-21)32-15-24-10-3-6-18(24)29(2)12-5-11-24/h7-8,18,31H,3-6,9-15H2,1-2H3/t18-,23-,24-/m1/s1. The van der Waals surface area contributed by atoms with E-state index in [4.69, 9.17) is 9.72 Å². The first kappa shape index (κ1) is 22.3. The third-order valence-electron chi connectivity index (χ3n) is 7.76. The molecule has 5 rings (SSSR count). The molecule has 174 valence electrons. The van der Waals surface area contributed by atoms with Crippen molar-refractivity contribution >= 4 is 32.7 Å². The number of benzene rings is 1. The Balaban J connectivity index is 1.50. The molecule has 1 aromatic heterocycles. The van der Waals surface area contributed by atoms with Crippen molar-refractivity contribution in [2.45, 2.75) is 63.5 Å². The molecular formula is C24H32BrFN4O2. The number of likely N-dealkylation sites (tertiary alicyclic amines) is 1. The van der Waals surface area contributed by atoms with Crippen LogP contribution in [-0.2, 0) is 0 Å². The van der Waals surface area contributed by atoms with E-state index in [-0.39, 0.29) is 16.9 Å². The van der Waals surface area contributed by atoms with Crippen molar-refractivity contribution in [1.29, 1.82) is 0 Å². The van der Waals surface area contributed by atoms with Crippen molar-refractivity contribution < 1.29 is 14.2 Å². The summed E-state index contributed by atoms with van der Waals surface area (Å²) >= 11 is 3.29. The van der Waals surface area contributed by atoms with E-state index in [1.54, 1.807) is 6.07 Å². The van der Waals surface area contributed by atoms with Crippen LogP contribution >= 0.6 is 15.9 Å². The fourth-order valence-electron chi connectivity index (χ4n) is 6.19. The molecule has 2 aromatic rings. The Labute approximate surface area is 197 Å². The van der Waals surface area contributed by atoms with Gasteiger partial charge in [-0.15, -0.1) is 0 Å². The van der Waals surface area contributed by atoms with Crippen molar-refractivity contribution in [3.63, 3.8) is 0 Å². The van der Waals surface area contributed by atoms with Crippen LogP contribution in [0.1, 0.15) is 51.9 Å². The van der Waals surface area contributed by atoms with E-state index in [9.17, 15) is 5.11 Å². The fraction of sp³-hybridized carbons (Fsp3) is 0.667. The van der Waals surface area contributed by atoms with Crippen LogP contribution in [0.4, 0.5) is 10.2 Å². The summed E-state index contributed by atoms with van der Waals surface area (Å²) in [7, 11) is 2.21. The molecule has 1 aromatic carbocycles. The number of aliphatic hydroxyl groups is 1. The zero-order chi connectivity index (χ0) is 22.5. The maximum absolute atomic E-state index is 15.1. The predicted octanol–water partition coefficient (Wildman–Crippen LogP) is 4.53. The second-order valence-corrected chi connectivity index (χ2v) is 11.1. The molecule has 0 spiro atoms. The van der Waals surface area contributed by atoms with Gasteiger partial charge in [0.2, 0.25) is 0 Å². The average Bonchev–Trinajstić information content (AvgIpc) is 3.20. The fourth-order valence-corrected chi connectivity index (χ4v) is 6.51. The topological polar surface area (TPSA) is 61.7 Å². The maximum atomic E-state index is 15.1. The summed E-state index contributed by atoms with van der Waals surface area (Å²) in [6, 6.07) is 4.28. The highest BCUT2D eigenvalue weighted by atomic mass is 79.9. The summed E-state index contributed by atoms with van der Waals surface area (Å²) in [6.07, 6.45) is 7.48. The molecule has 3 heterocycles. The second kappa shape index (κ2) is 8.37. The van der Waals surface area contributed by atoms with Crippen molar-refractivity contribution in [2.24, 2.45) is 5.41 Å². The molecule has 2 saturated heterocycles. The monoisotopic (exact) mass is 506 g/mol. The number of fused-ring (bicyclic) bond motifs is 2. The van der Waals surface area contributed by atoms with Crippen LogP contribution < -0.4 is 9.64 Å². The number of β-amino-alcohol motifs (C(OH)–C–C–N with tert-alkyl or cyclic N) is 1. The molecule has 1 N–H and O–H groups in total. The van der Waals surface area contributed by atoms with Crippen molar-refractivity contribution in [1.82, 2.24) is 14.9 Å². The average molecular weight is 507 g/mol. The van der Waals surface area contributed by atoms with Gasteiger partial charge in [-0.05, 0) is 87.1 Å². The normalized spacial score (nSPS) is 31.2. The molecule has 3 aliphatic rings. The molecule has 8 heteroatoms. The molecule has 1 saturated carbocycles. The molecule has 1 aliphatic carbocycles. The highest BCUT2D eigenvalue weighted by Crippen LogP contribution is 2.47. The quantitative estimate of drug-likeness (QED) is 0.657.